The molecule has 6 nitrogen and oxygen atoms in total. The molecule has 0 heterocycles. The van der Waals surface area contributed by atoms with Crippen LogP contribution < -0.4 is 0 Å². The molecule has 0 saturated carbocycles. The van der Waals surface area contributed by atoms with Crippen molar-refractivity contribution in [3.8, 4) is 0 Å². The van der Waals surface area contributed by atoms with Crippen molar-refractivity contribution < 1.29 is 28.4 Å². The number of hydrogen-bond donors (Lipinski definition) is 2. The van der Waals surface area contributed by atoms with E-state index in [1.807, 2.05) is 6.92 Å². The molecule has 78 valence electrons. The van der Waals surface area contributed by atoms with Crippen molar-refractivity contribution in [2.45, 2.75) is 19.8 Å². The SMILES string of the molecule is CCCCOC(=O)COP(=O)(O)O. The molecule has 0 amide bonds. The number of phosphoric ester groups is 1. The van der Waals surface area contributed by atoms with Gasteiger partial charge in [-0.3, -0.25) is 4.52 Å². The third kappa shape index (κ3) is 9.49. The minimum absolute atomic E-state index is 0.250. The molecule has 0 aromatic rings. The zero-order valence-electron chi connectivity index (χ0n) is 7.30. The van der Waals surface area contributed by atoms with Gasteiger partial charge in [0.25, 0.3) is 0 Å². The van der Waals surface area contributed by atoms with Gasteiger partial charge >= 0.3 is 13.8 Å². The van der Waals surface area contributed by atoms with Crippen LogP contribution in [0.25, 0.3) is 0 Å². The Morgan fingerprint density at radius 1 is 1.46 bits per heavy atom. The minimum atomic E-state index is -4.56. The maximum absolute atomic E-state index is 10.7. The summed E-state index contributed by atoms with van der Waals surface area (Å²) < 4.78 is 18.6. The van der Waals surface area contributed by atoms with Gasteiger partial charge in [-0.25, -0.2) is 9.36 Å². The fourth-order valence-corrected chi connectivity index (χ4v) is 0.782. The molecule has 0 aromatic heterocycles. The highest BCUT2D eigenvalue weighted by molar-refractivity contribution is 7.46. The van der Waals surface area contributed by atoms with Crippen LogP contribution in [0.15, 0.2) is 0 Å². The molecule has 13 heavy (non-hydrogen) atoms. The number of carbonyl (C=O) groups is 1. The largest absolute Gasteiger partial charge is 0.470 e. The molecule has 0 fully saturated rings. The molecule has 2 N–H and O–H groups in total. The zero-order chi connectivity index (χ0) is 10.3. The average molecular weight is 212 g/mol. The van der Waals surface area contributed by atoms with E-state index in [1.54, 1.807) is 0 Å². The monoisotopic (exact) mass is 212 g/mol. The van der Waals surface area contributed by atoms with E-state index in [0.717, 1.165) is 12.8 Å². The summed E-state index contributed by atoms with van der Waals surface area (Å²) in [5.74, 6) is -0.767. The minimum Gasteiger partial charge on any atom is -0.464 e. The molecule has 0 unspecified atom stereocenters. The van der Waals surface area contributed by atoms with Crippen LogP contribution in [-0.4, -0.2) is 29.0 Å². The molecule has 0 rings (SSSR count). The molecule has 0 atom stereocenters. The van der Waals surface area contributed by atoms with E-state index >= 15 is 0 Å². The normalized spacial score (nSPS) is 11.3. The van der Waals surface area contributed by atoms with Crippen LogP contribution in [-0.2, 0) is 18.6 Å². The number of hydrogen-bond acceptors (Lipinski definition) is 4. The van der Waals surface area contributed by atoms with Gasteiger partial charge in [0.1, 0.15) is 0 Å². The Balaban J connectivity index is 3.47. The van der Waals surface area contributed by atoms with E-state index in [9.17, 15) is 9.36 Å². The summed E-state index contributed by atoms with van der Waals surface area (Å²) in [6.07, 6.45) is 1.61. The van der Waals surface area contributed by atoms with Crippen molar-refractivity contribution in [2.24, 2.45) is 0 Å². The highest BCUT2D eigenvalue weighted by atomic mass is 31.2. The molecule has 0 spiro atoms. The van der Waals surface area contributed by atoms with Crippen molar-refractivity contribution in [2.75, 3.05) is 13.2 Å². The number of unbranched alkanes of at least 4 members (excludes halogenated alkanes) is 1. The van der Waals surface area contributed by atoms with Crippen molar-refractivity contribution in [3.05, 3.63) is 0 Å². The van der Waals surface area contributed by atoms with Crippen LogP contribution in [0, 0.1) is 0 Å². The molecular weight excluding hydrogens is 199 g/mol. The second-order valence-electron chi connectivity index (χ2n) is 2.34. The molecule has 0 aromatic carbocycles. The highest BCUT2D eigenvalue weighted by Gasteiger charge is 2.16. The lowest BCUT2D eigenvalue weighted by Crippen LogP contribution is -2.12. The lowest BCUT2D eigenvalue weighted by atomic mass is 10.4. The van der Waals surface area contributed by atoms with Gasteiger partial charge in [-0.15, -0.1) is 0 Å². The molecule has 0 aliphatic heterocycles. The standard InChI is InChI=1S/C6H13O6P/c1-2-3-4-11-6(7)5-12-13(8,9)10/h2-5H2,1H3,(H2,8,9,10). The lowest BCUT2D eigenvalue weighted by Gasteiger charge is -2.05. The topological polar surface area (TPSA) is 93.1 Å². The second-order valence-corrected chi connectivity index (χ2v) is 3.58. The van der Waals surface area contributed by atoms with E-state index in [-0.39, 0.29) is 6.61 Å². The van der Waals surface area contributed by atoms with Gasteiger partial charge in [-0.1, -0.05) is 13.3 Å². The third-order valence-corrected chi connectivity index (χ3v) is 1.58. The molecule has 0 aliphatic carbocycles. The fourth-order valence-electron chi connectivity index (χ4n) is 0.509. The smallest absolute Gasteiger partial charge is 0.464 e. The first-order valence-corrected chi connectivity index (χ1v) is 5.34. The molecule has 0 bridgehead atoms. The van der Waals surface area contributed by atoms with Crippen molar-refractivity contribution in [1.82, 2.24) is 0 Å². The van der Waals surface area contributed by atoms with Gasteiger partial charge in [-0.05, 0) is 6.42 Å². The van der Waals surface area contributed by atoms with Crippen LogP contribution in [0.1, 0.15) is 19.8 Å². The highest BCUT2D eigenvalue weighted by Crippen LogP contribution is 2.35. The second kappa shape index (κ2) is 6.10. The molecule has 0 radical (unpaired) electrons. The first kappa shape index (κ1) is 12.6. The number of rotatable bonds is 6. The summed E-state index contributed by atoms with van der Waals surface area (Å²) in [7, 11) is -4.56. The molecule has 0 saturated heterocycles. The van der Waals surface area contributed by atoms with E-state index in [2.05, 4.69) is 9.26 Å². The maximum atomic E-state index is 10.7. The molecule has 0 aliphatic rings. The van der Waals surface area contributed by atoms with E-state index in [0.29, 0.717) is 0 Å². The van der Waals surface area contributed by atoms with Crippen molar-refractivity contribution >= 4 is 13.8 Å². The summed E-state index contributed by atoms with van der Waals surface area (Å²) >= 11 is 0. The predicted octanol–water partition coefficient (Wildman–Crippen LogP) is 0.439. The quantitative estimate of drug-likeness (QED) is 0.377. The van der Waals surface area contributed by atoms with Crippen LogP contribution in [0.3, 0.4) is 0 Å². The summed E-state index contributed by atoms with van der Waals surface area (Å²) in [6.45, 7) is 1.47. The first-order chi connectivity index (χ1) is 5.95. The first-order valence-electron chi connectivity index (χ1n) is 3.81. The zero-order valence-corrected chi connectivity index (χ0v) is 8.20. The lowest BCUT2D eigenvalue weighted by molar-refractivity contribution is -0.146. The number of ether oxygens (including phenoxy) is 1. The summed E-state index contributed by atoms with van der Waals surface area (Å²) in [5.41, 5.74) is 0. The Morgan fingerprint density at radius 3 is 2.54 bits per heavy atom. The van der Waals surface area contributed by atoms with Gasteiger partial charge in [0.2, 0.25) is 0 Å². The van der Waals surface area contributed by atoms with E-state index in [1.165, 1.54) is 0 Å². The fraction of sp³-hybridized carbons (Fsp3) is 0.833. The molecular formula is C6H13O6P. The van der Waals surface area contributed by atoms with Gasteiger partial charge in [-0.2, -0.15) is 0 Å². The summed E-state index contributed by atoms with van der Waals surface area (Å²) in [4.78, 5) is 27.1. The summed E-state index contributed by atoms with van der Waals surface area (Å²) in [6, 6.07) is 0. The van der Waals surface area contributed by atoms with Crippen LogP contribution in [0.5, 0.6) is 0 Å². The number of esters is 1. The predicted molar refractivity (Wildman–Crippen MR) is 43.9 cm³/mol. The van der Waals surface area contributed by atoms with Crippen LogP contribution in [0.2, 0.25) is 0 Å². The Labute approximate surface area is 76.1 Å². The Bertz CT molecular complexity index is 197. The molecule has 7 heteroatoms. The van der Waals surface area contributed by atoms with E-state index < -0.39 is 20.4 Å². The van der Waals surface area contributed by atoms with E-state index in [4.69, 9.17) is 9.79 Å². The number of phosphoric acid groups is 1. The Kier molecular flexibility index (Phi) is 5.90. The Hall–Kier alpha value is -0.420. The van der Waals surface area contributed by atoms with Crippen LogP contribution >= 0.6 is 7.82 Å². The average Bonchev–Trinajstić information content (AvgIpc) is 2.00. The number of carbonyl (C=O) groups excluding carboxylic acids is 1. The Morgan fingerprint density at radius 2 is 2.08 bits per heavy atom. The van der Waals surface area contributed by atoms with Crippen molar-refractivity contribution in [1.29, 1.82) is 0 Å². The summed E-state index contributed by atoms with van der Waals surface area (Å²) in [5, 5.41) is 0. The van der Waals surface area contributed by atoms with Gasteiger partial charge < -0.3 is 14.5 Å². The van der Waals surface area contributed by atoms with Gasteiger partial charge in [0.15, 0.2) is 6.61 Å². The van der Waals surface area contributed by atoms with Gasteiger partial charge in [0, 0.05) is 0 Å². The van der Waals surface area contributed by atoms with Crippen LogP contribution in [0.4, 0.5) is 0 Å². The van der Waals surface area contributed by atoms with Crippen molar-refractivity contribution in [3.63, 3.8) is 0 Å². The maximum Gasteiger partial charge on any atom is 0.470 e. The third-order valence-electron chi connectivity index (χ3n) is 1.11. The van der Waals surface area contributed by atoms with Gasteiger partial charge in [0.05, 0.1) is 6.61 Å².